The van der Waals surface area contributed by atoms with Crippen molar-refractivity contribution in [3.05, 3.63) is 29.8 Å². The maximum atomic E-state index is 12.0. The molecule has 1 aromatic carbocycles. The number of ether oxygens (including phenoxy) is 1. The molecule has 1 saturated heterocycles. The minimum Gasteiger partial charge on any atom is -0.435 e. The molecule has 0 bridgehead atoms. The normalized spacial score (nSPS) is 14.5. The zero-order valence-electron chi connectivity index (χ0n) is 13.2. The number of benzene rings is 1. The Hall–Kier alpha value is -3.04. The molecule has 0 atom stereocenters. The first-order valence-corrected chi connectivity index (χ1v) is 7.23. The second-order valence-electron chi connectivity index (χ2n) is 5.16. The molecule has 10 heteroatoms. The number of alkyl halides is 2. The van der Waals surface area contributed by atoms with Crippen LogP contribution in [0.2, 0.25) is 0 Å². The van der Waals surface area contributed by atoms with Gasteiger partial charge in [-0.25, -0.2) is 9.69 Å². The van der Waals surface area contributed by atoms with Crippen molar-refractivity contribution in [2.45, 2.75) is 13.0 Å². The van der Waals surface area contributed by atoms with Crippen molar-refractivity contribution in [1.29, 1.82) is 0 Å². The van der Waals surface area contributed by atoms with Crippen LogP contribution in [0.1, 0.15) is 5.56 Å². The third-order valence-corrected chi connectivity index (χ3v) is 3.44. The monoisotopic (exact) mass is 355 g/mol. The molecule has 134 valence electrons. The van der Waals surface area contributed by atoms with Gasteiger partial charge in [0.25, 0.3) is 0 Å². The van der Waals surface area contributed by atoms with Crippen LogP contribution >= 0.6 is 0 Å². The summed E-state index contributed by atoms with van der Waals surface area (Å²) in [6, 6.07) is 5.06. The minimum absolute atomic E-state index is 0.0302. The lowest BCUT2D eigenvalue weighted by Crippen LogP contribution is -2.41. The average molecular weight is 355 g/mol. The van der Waals surface area contributed by atoms with Gasteiger partial charge in [-0.3, -0.25) is 19.3 Å². The van der Waals surface area contributed by atoms with Gasteiger partial charge >= 0.3 is 24.5 Å². The molecule has 2 rings (SSSR count). The summed E-state index contributed by atoms with van der Waals surface area (Å²) in [4.78, 5) is 47.5. The SMILES string of the molecule is CN1C(=O)C(=O)N(CC(=O)NCCc2ccc(OC(F)F)cc2)C1=O. The summed E-state index contributed by atoms with van der Waals surface area (Å²) < 4.78 is 28.3. The molecule has 1 heterocycles. The van der Waals surface area contributed by atoms with Crippen LogP contribution < -0.4 is 10.1 Å². The van der Waals surface area contributed by atoms with Gasteiger partial charge in [-0.2, -0.15) is 8.78 Å². The van der Waals surface area contributed by atoms with Gasteiger partial charge in [-0.05, 0) is 24.1 Å². The van der Waals surface area contributed by atoms with Crippen molar-refractivity contribution in [2.75, 3.05) is 20.1 Å². The highest BCUT2D eigenvalue weighted by molar-refractivity contribution is 6.44. The number of likely N-dealkylation sites (N-methyl/N-ethyl adjacent to an activating group) is 1. The van der Waals surface area contributed by atoms with E-state index in [4.69, 9.17) is 0 Å². The molecular formula is C15H15F2N3O5. The number of imide groups is 2. The van der Waals surface area contributed by atoms with Gasteiger partial charge in [-0.1, -0.05) is 12.1 Å². The molecule has 1 N–H and O–H groups in total. The van der Waals surface area contributed by atoms with Crippen LogP contribution in [0.15, 0.2) is 24.3 Å². The van der Waals surface area contributed by atoms with Crippen LogP contribution in [0.3, 0.4) is 0 Å². The number of hydrogen-bond acceptors (Lipinski definition) is 5. The van der Waals surface area contributed by atoms with E-state index < -0.39 is 36.9 Å². The number of halogens is 2. The zero-order chi connectivity index (χ0) is 18.6. The Bertz CT molecular complexity index is 693. The number of hydrogen-bond donors (Lipinski definition) is 1. The fourth-order valence-electron chi connectivity index (χ4n) is 2.14. The quantitative estimate of drug-likeness (QED) is 0.563. The number of carbonyl (C=O) groups is 4. The molecule has 1 aliphatic rings. The third-order valence-electron chi connectivity index (χ3n) is 3.44. The van der Waals surface area contributed by atoms with Gasteiger partial charge in [0.15, 0.2) is 0 Å². The number of urea groups is 1. The van der Waals surface area contributed by atoms with E-state index in [1.807, 2.05) is 0 Å². The Balaban J connectivity index is 1.78. The molecule has 0 aliphatic carbocycles. The maximum Gasteiger partial charge on any atom is 0.387 e. The lowest BCUT2D eigenvalue weighted by molar-refractivity contribution is -0.143. The summed E-state index contributed by atoms with van der Waals surface area (Å²) in [5.74, 6) is -2.59. The Kier molecular flexibility index (Phi) is 5.63. The number of nitrogens with zero attached hydrogens (tertiary/aromatic N) is 2. The average Bonchev–Trinajstić information content (AvgIpc) is 2.74. The lowest BCUT2D eigenvalue weighted by atomic mass is 10.1. The molecule has 1 aliphatic heterocycles. The second-order valence-corrected chi connectivity index (χ2v) is 5.16. The predicted octanol–water partition coefficient (Wildman–Crippen LogP) is 0.367. The Morgan fingerprint density at radius 2 is 1.80 bits per heavy atom. The number of rotatable bonds is 7. The molecule has 25 heavy (non-hydrogen) atoms. The molecule has 1 aromatic rings. The Labute approximate surface area is 141 Å². The van der Waals surface area contributed by atoms with Gasteiger partial charge < -0.3 is 10.1 Å². The summed E-state index contributed by atoms with van der Waals surface area (Å²) in [5, 5.41) is 2.51. The van der Waals surface area contributed by atoms with Crippen molar-refractivity contribution in [1.82, 2.24) is 15.1 Å². The van der Waals surface area contributed by atoms with Crippen LogP contribution in [0.25, 0.3) is 0 Å². The van der Waals surface area contributed by atoms with Gasteiger partial charge in [0.05, 0.1) is 0 Å². The molecule has 1 fully saturated rings. The van der Waals surface area contributed by atoms with Crippen molar-refractivity contribution in [2.24, 2.45) is 0 Å². The van der Waals surface area contributed by atoms with Gasteiger partial charge in [0.1, 0.15) is 12.3 Å². The highest BCUT2D eigenvalue weighted by Gasteiger charge is 2.42. The highest BCUT2D eigenvalue weighted by Crippen LogP contribution is 2.15. The predicted molar refractivity (Wildman–Crippen MR) is 79.7 cm³/mol. The molecular weight excluding hydrogens is 340 g/mol. The molecule has 8 nitrogen and oxygen atoms in total. The van der Waals surface area contributed by atoms with Gasteiger partial charge in [0, 0.05) is 13.6 Å². The van der Waals surface area contributed by atoms with Crippen LogP contribution in [0.5, 0.6) is 5.75 Å². The van der Waals surface area contributed by atoms with Gasteiger partial charge in [-0.15, -0.1) is 0 Å². The van der Waals surface area contributed by atoms with E-state index in [1.165, 1.54) is 12.1 Å². The van der Waals surface area contributed by atoms with E-state index in [0.717, 1.165) is 12.6 Å². The fraction of sp³-hybridized carbons (Fsp3) is 0.333. The van der Waals surface area contributed by atoms with Crippen molar-refractivity contribution < 1.29 is 32.7 Å². The summed E-state index contributed by atoms with van der Waals surface area (Å²) in [6.07, 6.45) is 0.404. The van der Waals surface area contributed by atoms with E-state index in [2.05, 4.69) is 10.1 Å². The summed E-state index contributed by atoms with van der Waals surface area (Å²) in [5.41, 5.74) is 0.769. The van der Waals surface area contributed by atoms with E-state index in [0.29, 0.717) is 16.2 Å². The maximum absolute atomic E-state index is 12.0. The van der Waals surface area contributed by atoms with Crippen molar-refractivity contribution >= 4 is 23.8 Å². The van der Waals surface area contributed by atoms with Crippen LogP contribution in [-0.2, 0) is 20.8 Å². The third kappa shape index (κ3) is 4.49. The first-order valence-electron chi connectivity index (χ1n) is 7.23. The number of nitrogens with one attached hydrogen (secondary N) is 1. The molecule has 0 radical (unpaired) electrons. The molecule has 0 spiro atoms. The zero-order valence-corrected chi connectivity index (χ0v) is 13.2. The topological polar surface area (TPSA) is 96.0 Å². The van der Waals surface area contributed by atoms with E-state index in [1.54, 1.807) is 12.1 Å². The minimum atomic E-state index is -2.90. The van der Waals surface area contributed by atoms with E-state index in [-0.39, 0.29) is 12.3 Å². The van der Waals surface area contributed by atoms with Crippen LogP contribution in [0, 0.1) is 0 Å². The highest BCUT2D eigenvalue weighted by atomic mass is 19.3. The second kappa shape index (κ2) is 7.69. The standard InChI is InChI=1S/C15H15F2N3O5/c1-19-12(22)13(23)20(15(19)24)8-11(21)18-7-6-9-2-4-10(5-3-9)25-14(16)17/h2-5,14H,6-8H2,1H3,(H,18,21). The van der Waals surface area contributed by atoms with Gasteiger partial charge in [0.2, 0.25) is 5.91 Å². The molecule has 0 unspecified atom stereocenters. The number of amides is 5. The first-order chi connectivity index (χ1) is 11.8. The smallest absolute Gasteiger partial charge is 0.387 e. The Morgan fingerprint density at radius 1 is 1.16 bits per heavy atom. The lowest BCUT2D eigenvalue weighted by Gasteiger charge is -2.12. The Morgan fingerprint density at radius 3 is 2.32 bits per heavy atom. The van der Waals surface area contributed by atoms with Crippen LogP contribution in [0.4, 0.5) is 13.6 Å². The summed E-state index contributed by atoms with van der Waals surface area (Å²) in [6.45, 7) is -3.24. The van der Waals surface area contributed by atoms with E-state index in [9.17, 15) is 28.0 Å². The van der Waals surface area contributed by atoms with Crippen molar-refractivity contribution in [3.63, 3.8) is 0 Å². The van der Waals surface area contributed by atoms with Crippen LogP contribution in [-0.4, -0.2) is 60.3 Å². The molecule has 5 amide bonds. The number of carbonyl (C=O) groups excluding carboxylic acids is 4. The largest absolute Gasteiger partial charge is 0.435 e. The van der Waals surface area contributed by atoms with E-state index >= 15 is 0 Å². The molecule has 0 aromatic heterocycles. The first kappa shape index (κ1) is 18.3. The fourth-order valence-corrected chi connectivity index (χ4v) is 2.14. The summed E-state index contributed by atoms with van der Waals surface area (Å²) >= 11 is 0. The molecule has 0 saturated carbocycles. The summed E-state index contributed by atoms with van der Waals surface area (Å²) in [7, 11) is 1.15. The van der Waals surface area contributed by atoms with Crippen molar-refractivity contribution in [3.8, 4) is 5.75 Å².